The topological polar surface area (TPSA) is 72.8 Å². The summed E-state index contributed by atoms with van der Waals surface area (Å²) in [5, 5.41) is 9.56. The molecule has 110 valence electrons. The van der Waals surface area contributed by atoms with Crippen molar-refractivity contribution < 1.29 is 24.2 Å². The number of hydrogen-bond donors (Lipinski definition) is 1. The number of hydrogen-bond acceptors (Lipinski definition) is 4. The third kappa shape index (κ3) is 1.56. The lowest BCUT2D eigenvalue weighted by molar-refractivity contribution is -0.233. The predicted octanol–water partition coefficient (Wildman–Crippen LogP) is 1.60. The zero-order valence-corrected chi connectivity index (χ0v) is 11.5. The van der Waals surface area contributed by atoms with Crippen LogP contribution in [0.2, 0.25) is 0 Å². The number of fused-ring (bicyclic) bond motifs is 2. The van der Waals surface area contributed by atoms with Crippen LogP contribution in [0.5, 0.6) is 0 Å². The molecule has 0 radical (unpaired) electrons. The summed E-state index contributed by atoms with van der Waals surface area (Å²) < 4.78 is 11.6. The zero-order valence-electron chi connectivity index (χ0n) is 11.5. The standard InChI is InChI=1S/C15H20O5/c16-12-8-14-1-2-15(19-3-4-20-15)7-10(14)5-9(12)6-11(14)13(17)18/h9-11H,1-8H2,(H,17,18). The van der Waals surface area contributed by atoms with Crippen LogP contribution in [0.3, 0.4) is 0 Å². The van der Waals surface area contributed by atoms with E-state index in [1.54, 1.807) is 0 Å². The number of ketones is 1. The Hall–Kier alpha value is -0.940. The molecule has 0 amide bonds. The Labute approximate surface area is 117 Å². The van der Waals surface area contributed by atoms with Gasteiger partial charge >= 0.3 is 5.97 Å². The van der Waals surface area contributed by atoms with Crippen LogP contribution < -0.4 is 0 Å². The van der Waals surface area contributed by atoms with Crippen molar-refractivity contribution in [2.24, 2.45) is 23.2 Å². The van der Waals surface area contributed by atoms with Crippen molar-refractivity contribution in [1.82, 2.24) is 0 Å². The average molecular weight is 280 g/mol. The van der Waals surface area contributed by atoms with Gasteiger partial charge in [0.25, 0.3) is 0 Å². The molecule has 4 unspecified atom stereocenters. The summed E-state index contributed by atoms with van der Waals surface area (Å²) in [6, 6.07) is 0. The van der Waals surface area contributed by atoms with Gasteiger partial charge in [-0.15, -0.1) is 0 Å². The third-order valence-electron chi connectivity index (χ3n) is 6.20. The van der Waals surface area contributed by atoms with E-state index in [0.717, 1.165) is 25.7 Å². The maximum absolute atomic E-state index is 12.1. The van der Waals surface area contributed by atoms with Gasteiger partial charge in [0, 0.05) is 25.2 Å². The van der Waals surface area contributed by atoms with Gasteiger partial charge in [0.1, 0.15) is 5.78 Å². The monoisotopic (exact) mass is 280 g/mol. The lowest BCUT2D eigenvalue weighted by Gasteiger charge is -2.59. The van der Waals surface area contributed by atoms with Crippen molar-refractivity contribution in [1.29, 1.82) is 0 Å². The normalized spacial score (nSPS) is 45.6. The van der Waals surface area contributed by atoms with Crippen LogP contribution in [-0.4, -0.2) is 35.9 Å². The van der Waals surface area contributed by atoms with E-state index in [1.807, 2.05) is 0 Å². The Kier molecular flexibility index (Phi) is 2.58. The quantitative estimate of drug-likeness (QED) is 0.789. The molecule has 5 aliphatic rings. The molecule has 1 saturated heterocycles. The van der Waals surface area contributed by atoms with Gasteiger partial charge in [0.05, 0.1) is 19.1 Å². The smallest absolute Gasteiger partial charge is 0.307 e. The number of carbonyl (C=O) groups is 2. The molecule has 4 atom stereocenters. The number of carboxylic acids is 1. The molecule has 5 rings (SSSR count). The lowest BCUT2D eigenvalue weighted by Crippen LogP contribution is -2.59. The summed E-state index contributed by atoms with van der Waals surface area (Å²) >= 11 is 0. The van der Waals surface area contributed by atoms with Crippen molar-refractivity contribution in [2.75, 3.05) is 13.2 Å². The van der Waals surface area contributed by atoms with E-state index in [1.165, 1.54) is 0 Å². The SMILES string of the molecule is O=C1CC23CCC4(CC2CC1CC3C(=O)O)OCCO4. The van der Waals surface area contributed by atoms with Crippen LogP contribution in [0.25, 0.3) is 0 Å². The summed E-state index contributed by atoms with van der Waals surface area (Å²) in [5.41, 5.74) is -0.335. The fourth-order valence-electron chi connectivity index (χ4n) is 5.24. The average Bonchev–Trinajstić information content (AvgIpc) is 2.86. The minimum atomic E-state index is -0.726. The largest absolute Gasteiger partial charge is 0.481 e. The van der Waals surface area contributed by atoms with Gasteiger partial charge in [-0.1, -0.05) is 0 Å². The van der Waals surface area contributed by atoms with Gasteiger partial charge in [-0.3, -0.25) is 9.59 Å². The Morgan fingerprint density at radius 1 is 1.20 bits per heavy atom. The molecule has 0 aromatic heterocycles. The molecule has 5 fully saturated rings. The van der Waals surface area contributed by atoms with E-state index >= 15 is 0 Å². The second-order valence-corrected chi connectivity index (χ2v) is 6.94. The lowest BCUT2D eigenvalue weighted by atomic mass is 9.45. The van der Waals surface area contributed by atoms with E-state index in [2.05, 4.69) is 0 Å². The Morgan fingerprint density at radius 3 is 2.65 bits per heavy atom. The highest BCUT2D eigenvalue weighted by atomic mass is 16.7. The Bertz CT molecular complexity index is 467. The summed E-state index contributed by atoms with van der Waals surface area (Å²) in [4.78, 5) is 23.8. The van der Waals surface area contributed by atoms with E-state index < -0.39 is 11.8 Å². The number of ether oxygens (including phenoxy) is 2. The number of aliphatic carboxylic acids is 1. The van der Waals surface area contributed by atoms with Crippen molar-refractivity contribution in [3.8, 4) is 0 Å². The number of carboxylic acid groups (broad SMARTS) is 1. The second-order valence-electron chi connectivity index (χ2n) is 6.94. The molecular weight excluding hydrogens is 260 g/mol. The second kappa shape index (κ2) is 4.04. The van der Waals surface area contributed by atoms with Gasteiger partial charge in [0.2, 0.25) is 0 Å². The molecule has 4 saturated carbocycles. The van der Waals surface area contributed by atoms with Crippen LogP contribution in [0.1, 0.15) is 38.5 Å². The molecule has 5 heteroatoms. The fourth-order valence-corrected chi connectivity index (χ4v) is 5.24. The van der Waals surface area contributed by atoms with Crippen molar-refractivity contribution >= 4 is 11.8 Å². The molecule has 1 N–H and O–H groups in total. The number of carbonyl (C=O) groups excluding carboxylic acids is 1. The highest BCUT2D eigenvalue weighted by molar-refractivity contribution is 5.87. The zero-order chi connectivity index (χ0) is 14.0. The van der Waals surface area contributed by atoms with Gasteiger partial charge in [-0.05, 0) is 30.6 Å². The summed E-state index contributed by atoms with van der Waals surface area (Å²) in [7, 11) is 0. The van der Waals surface area contributed by atoms with Gasteiger partial charge in [-0.2, -0.15) is 0 Å². The van der Waals surface area contributed by atoms with Crippen LogP contribution in [0.4, 0.5) is 0 Å². The van der Waals surface area contributed by atoms with Gasteiger partial charge < -0.3 is 14.6 Å². The molecule has 1 heterocycles. The van der Waals surface area contributed by atoms with Crippen molar-refractivity contribution in [3.05, 3.63) is 0 Å². The minimum absolute atomic E-state index is 0.0560. The molecule has 4 aliphatic carbocycles. The highest BCUT2D eigenvalue weighted by Gasteiger charge is 2.63. The van der Waals surface area contributed by atoms with Crippen molar-refractivity contribution in [2.45, 2.75) is 44.3 Å². The van der Waals surface area contributed by atoms with Crippen LogP contribution in [0, 0.1) is 23.2 Å². The molecule has 5 nitrogen and oxygen atoms in total. The molecule has 20 heavy (non-hydrogen) atoms. The molecular formula is C15H20O5. The minimum Gasteiger partial charge on any atom is -0.481 e. The Morgan fingerprint density at radius 2 is 1.95 bits per heavy atom. The highest BCUT2D eigenvalue weighted by Crippen LogP contribution is 2.63. The van der Waals surface area contributed by atoms with Crippen LogP contribution >= 0.6 is 0 Å². The van der Waals surface area contributed by atoms with Gasteiger partial charge in [-0.25, -0.2) is 0 Å². The first-order valence-corrected chi connectivity index (χ1v) is 7.58. The van der Waals surface area contributed by atoms with E-state index in [-0.39, 0.29) is 29.0 Å². The third-order valence-corrected chi connectivity index (χ3v) is 6.20. The molecule has 2 spiro atoms. The van der Waals surface area contributed by atoms with Crippen LogP contribution in [0.15, 0.2) is 0 Å². The molecule has 0 aromatic carbocycles. The van der Waals surface area contributed by atoms with Crippen LogP contribution in [-0.2, 0) is 19.1 Å². The fraction of sp³-hybridized carbons (Fsp3) is 0.867. The first-order chi connectivity index (χ1) is 9.55. The van der Waals surface area contributed by atoms with Gasteiger partial charge in [0.15, 0.2) is 5.79 Å². The van der Waals surface area contributed by atoms with Crippen molar-refractivity contribution in [3.63, 3.8) is 0 Å². The summed E-state index contributed by atoms with van der Waals surface area (Å²) in [6.07, 6.45) is 4.06. The predicted molar refractivity (Wildman–Crippen MR) is 67.9 cm³/mol. The summed E-state index contributed by atoms with van der Waals surface area (Å²) in [5.74, 6) is -1.09. The van der Waals surface area contributed by atoms with E-state index in [4.69, 9.17) is 9.47 Å². The first-order valence-electron chi connectivity index (χ1n) is 7.58. The van der Waals surface area contributed by atoms with E-state index in [9.17, 15) is 14.7 Å². The molecule has 1 aliphatic heterocycles. The molecule has 0 aromatic rings. The van der Waals surface area contributed by atoms with E-state index in [0.29, 0.717) is 26.1 Å². The number of rotatable bonds is 1. The first kappa shape index (κ1) is 12.8. The Balaban J connectivity index is 1.68. The number of Topliss-reactive ketones (excluding diaryl/α,β-unsaturated/α-hetero) is 1. The maximum Gasteiger partial charge on any atom is 0.307 e. The molecule has 2 bridgehead atoms. The summed E-state index contributed by atoms with van der Waals surface area (Å²) in [6.45, 7) is 1.26. The maximum atomic E-state index is 12.1.